The average molecular weight is 277 g/mol. The second kappa shape index (κ2) is 8.40. The number of nitrogens with zero attached hydrogens (tertiary/aromatic N) is 2. The van der Waals surface area contributed by atoms with E-state index in [2.05, 4.69) is 87.4 Å². The molecular weight excluding hydrogens is 246 g/mol. The summed E-state index contributed by atoms with van der Waals surface area (Å²) in [5, 5.41) is 3.49. The quantitative estimate of drug-likeness (QED) is 0.788. The molecule has 3 unspecified atom stereocenters. The van der Waals surface area contributed by atoms with E-state index in [9.17, 15) is 0 Å². The molecule has 1 aromatic rings. The van der Waals surface area contributed by atoms with Gasteiger partial charge in [-0.05, 0) is 47.1 Å². The SMILES string of the molecule is CCN(C(C)CN(C)C)C(C)C(NC)c1ccccc1. The van der Waals surface area contributed by atoms with Gasteiger partial charge >= 0.3 is 0 Å². The van der Waals surface area contributed by atoms with Crippen LogP contribution in [0.2, 0.25) is 0 Å². The van der Waals surface area contributed by atoms with Gasteiger partial charge in [-0.15, -0.1) is 0 Å². The van der Waals surface area contributed by atoms with E-state index in [1.54, 1.807) is 0 Å². The maximum absolute atomic E-state index is 3.49. The normalized spacial score (nSPS) is 16.4. The summed E-state index contributed by atoms with van der Waals surface area (Å²) in [5.74, 6) is 0. The van der Waals surface area contributed by atoms with E-state index in [0.717, 1.165) is 13.1 Å². The summed E-state index contributed by atoms with van der Waals surface area (Å²) in [6.45, 7) is 9.05. The van der Waals surface area contributed by atoms with Crippen LogP contribution in [-0.4, -0.2) is 56.1 Å². The van der Waals surface area contributed by atoms with Crippen LogP contribution >= 0.6 is 0 Å². The van der Waals surface area contributed by atoms with Crippen molar-refractivity contribution >= 4 is 0 Å². The summed E-state index contributed by atoms with van der Waals surface area (Å²) in [6, 6.07) is 12.1. The molecule has 0 heterocycles. The fraction of sp³-hybridized carbons (Fsp3) is 0.647. The topological polar surface area (TPSA) is 18.5 Å². The van der Waals surface area contributed by atoms with Crippen LogP contribution in [0.4, 0.5) is 0 Å². The van der Waals surface area contributed by atoms with E-state index < -0.39 is 0 Å². The van der Waals surface area contributed by atoms with Gasteiger partial charge in [0.2, 0.25) is 0 Å². The molecule has 0 aliphatic rings. The maximum Gasteiger partial charge on any atom is 0.0473 e. The van der Waals surface area contributed by atoms with Crippen molar-refractivity contribution in [3.05, 3.63) is 35.9 Å². The fourth-order valence-electron chi connectivity index (χ4n) is 3.17. The van der Waals surface area contributed by atoms with Crippen LogP contribution in [0.15, 0.2) is 30.3 Å². The van der Waals surface area contributed by atoms with Gasteiger partial charge in [-0.2, -0.15) is 0 Å². The molecule has 0 bridgehead atoms. The summed E-state index contributed by atoms with van der Waals surface area (Å²) in [5.41, 5.74) is 1.36. The van der Waals surface area contributed by atoms with E-state index in [4.69, 9.17) is 0 Å². The monoisotopic (exact) mass is 277 g/mol. The van der Waals surface area contributed by atoms with Crippen molar-refractivity contribution in [2.75, 3.05) is 34.2 Å². The van der Waals surface area contributed by atoms with Crippen LogP contribution in [0, 0.1) is 0 Å². The predicted octanol–water partition coefficient (Wildman–Crippen LogP) is 2.61. The van der Waals surface area contributed by atoms with Crippen molar-refractivity contribution in [2.24, 2.45) is 0 Å². The van der Waals surface area contributed by atoms with Crippen LogP contribution in [0.1, 0.15) is 32.4 Å². The molecule has 20 heavy (non-hydrogen) atoms. The molecule has 1 N–H and O–H groups in total. The molecular formula is C17H31N3. The van der Waals surface area contributed by atoms with Gasteiger partial charge in [0.05, 0.1) is 0 Å². The Kier molecular flexibility index (Phi) is 7.20. The van der Waals surface area contributed by atoms with E-state index in [0.29, 0.717) is 18.1 Å². The van der Waals surface area contributed by atoms with E-state index in [1.165, 1.54) is 5.56 Å². The Labute approximate surface area is 125 Å². The standard InChI is InChI=1S/C17H31N3/c1-7-20(14(2)13-19(5)6)15(3)17(18-4)16-11-9-8-10-12-16/h8-12,14-15,17-18H,7,13H2,1-6H3. The first kappa shape index (κ1) is 17.2. The minimum atomic E-state index is 0.362. The number of rotatable bonds is 8. The van der Waals surface area contributed by atoms with Gasteiger partial charge in [-0.3, -0.25) is 4.90 Å². The van der Waals surface area contributed by atoms with Crippen molar-refractivity contribution < 1.29 is 0 Å². The molecule has 1 rings (SSSR count). The van der Waals surface area contributed by atoms with Crippen molar-refractivity contribution in [1.82, 2.24) is 15.1 Å². The number of likely N-dealkylation sites (N-methyl/N-ethyl adjacent to an activating group) is 3. The van der Waals surface area contributed by atoms with Crippen molar-refractivity contribution in [1.29, 1.82) is 0 Å². The highest BCUT2D eigenvalue weighted by Gasteiger charge is 2.26. The Balaban J connectivity index is 2.85. The Morgan fingerprint density at radius 1 is 1.10 bits per heavy atom. The smallest absolute Gasteiger partial charge is 0.0473 e. The Hall–Kier alpha value is -0.900. The van der Waals surface area contributed by atoms with E-state index in [-0.39, 0.29) is 0 Å². The van der Waals surface area contributed by atoms with E-state index >= 15 is 0 Å². The number of hydrogen-bond acceptors (Lipinski definition) is 3. The summed E-state index contributed by atoms with van der Waals surface area (Å²) in [4.78, 5) is 4.84. The third-order valence-corrected chi connectivity index (χ3v) is 4.04. The van der Waals surface area contributed by atoms with Gasteiger partial charge in [0.25, 0.3) is 0 Å². The molecule has 3 atom stereocenters. The van der Waals surface area contributed by atoms with Gasteiger partial charge in [-0.25, -0.2) is 0 Å². The predicted molar refractivity (Wildman–Crippen MR) is 88.1 cm³/mol. The molecule has 1 aromatic carbocycles. The van der Waals surface area contributed by atoms with Crippen molar-refractivity contribution in [2.45, 2.75) is 38.9 Å². The van der Waals surface area contributed by atoms with Crippen LogP contribution in [0.25, 0.3) is 0 Å². The lowest BCUT2D eigenvalue weighted by Crippen LogP contribution is -2.49. The van der Waals surface area contributed by atoms with Gasteiger partial charge < -0.3 is 10.2 Å². The van der Waals surface area contributed by atoms with Gasteiger partial charge in [-0.1, -0.05) is 37.3 Å². The van der Waals surface area contributed by atoms with Gasteiger partial charge in [0, 0.05) is 24.7 Å². The van der Waals surface area contributed by atoms with Crippen LogP contribution in [0.3, 0.4) is 0 Å². The largest absolute Gasteiger partial charge is 0.312 e. The molecule has 3 nitrogen and oxygen atoms in total. The van der Waals surface area contributed by atoms with Crippen LogP contribution in [0.5, 0.6) is 0 Å². The van der Waals surface area contributed by atoms with Crippen LogP contribution < -0.4 is 5.32 Å². The molecule has 0 aromatic heterocycles. The lowest BCUT2D eigenvalue weighted by Gasteiger charge is -2.39. The molecule has 0 radical (unpaired) electrons. The lowest BCUT2D eigenvalue weighted by molar-refractivity contribution is 0.113. The minimum absolute atomic E-state index is 0.362. The molecule has 114 valence electrons. The molecule has 3 heteroatoms. The molecule has 0 fully saturated rings. The highest BCUT2D eigenvalue weighted by atomic mass is 15.2. The van der Waals surface area contributed by atoms with E-state index in [1.807, 2.05) is 0 Å². The fourth-order valence-corrected chi connectivity index (χ4v) is 3.17. The third-order valence-electron chi connectivity index (χ3n) is 4.04. The zero-order valence-electron chi connectivity index (χ0n) is 13.9. The zero-order valence-corrected chi connectivity index (χ0v) is 13.9. The maximum atomic E-state index is 3.49. The molecule has 0 saturated heterocycles. The lowest BCUT2D eigenvalue weighted by atomic mass is 9.98. The van der Waals surface area contributed by atoms with Gasteiger partial charge in [0.15, 0.2) is 0 Å². The first-order valence-electron chi connectivity index (χ1n) is 7.63. The average Bonchev–Trinajstić information content (AvgIpc) is 2.40. The van der Waals surface area contributed by atoms with Gasteiger partial charge in [0.1, 0.15) is 0 Å². The summed E-state index contributed by atoms with van der Waals surface area (Å²) >= 11 is 0. The summed E-state index contributed by atoms with van der Waals surface area (Å²) < 4.78 is 0. The van der Waals surface area contributed by atoms with Crippen molar-refractivity contribution in [3.63, 3.8) is 0 Å². The highest BCUT2D eigenvalue weighted by Crippen LogP contribution is 2.22. The molecule has 0 aliphatic carbocycles. The molecule has 0 saturated carbocycles. The van der Waals surface area contributed by atoms with Crippen molar-refractivity contribution in [3.8, 4) is 0 Å². The third kappa shape index (κ3) is 4.58. The Morgan fingerprint density at radius 2 is 1.70 bits per heavy atom. The number of benzene rings is 1. The Morgan fingerprint density at radius 3 is 2.15 bits per heavy atom. The number of nitrogens with one attached hydrogen (secondary N) is 1. The molecule has 0 aliphatic heterocycles. The van der Waals surface area contributed by atoms with Crippen LogP contribution in [-0.2, 0) is 0 Å². The first-order chi connectivity index (χ1) is 9.51. The Bertz CT molecular complexity index is 364. The summed E-state index contributed by atoms with van der Waals surface area (Å²) in [6.07, 6.45) is 0. The zero-order chi connectivity index (χ0) is 15.1. The molecule has 0 amide bonds. The highest BCUT2D eigenvalue weighted by molar-refractivity contribution is 5.20. The molecule has 0 spiro atoms. The number of hydrogen-bond donors (Lipinski definition) is 1. The minimum Gasteiger partial charge on any atom is -0.312 e. The second-order valence-corrected chi connectivity index (χ2v) is 5.86. The summed E-state index contributed by atoms with van der Waals surface area (Å²) in [7, 11) is 6.34. The second-order valence-electron chi connectivity index (χ2n) is 5.86. The first-order valence-corrected chi connectivity index (χ1v) is 7.63.